The van der Waals surface area contributed by atoms with Gasteiger partial charge in [0.05, 0.1) is 6.10 Å². The van der Waals surface area contributed by atoms with Gasteiger partial charge in [-0.2, -0.15) is 0 Å². The predicted molar refractivity (Wildman–Crippen MR) is 77.2 cm³/mol. The Kier molecular flexibility index (Phi) is 5.49. The molecule has 4 heteroatoms. The highest BCUT2D eigenvalue weighted by molar-refractivity contribution is 5.92. The molecule has 0 bridgehead atoms. The lowest BCUT2D eigenvalue weighted by Gasteiger charge is -2.11. The molecule has 4 nitrogen and oxygen atoms in total. The number of aliphatic imine (C=N–C) groups is 1. The van der Waals surface area contributed by atoms with Crippen LogP contribution >= 0.6 is 0 Å². The third-order valence-corrected chi connectivity index (χ3v) is 2.13. The van der Waals surface area contributed by atoms with Crippen molar-refractivity contribution >= 4 is 11.6 Å². The van der Waals surface area contributed by atoms with Crippen LogP contribution in [0.15, 0.2) is 29.3 Å². The van der Waals surface area contributed by atoms with Crippen LogP contribution < -0.4 is 15.8 Å². The van der Waals surface area contributed by atoms with Crippen molar-refractivity contribution in [2.24, 2.45) is 16.6 Å². The van der Waals surface area contributed by atoms with Crippen LogP contribution in [0.1, 0.15) is 27.7 Å². The fraction of sp³-hybridized carbons (Fsp3) is 0.500. The number of rotatable bonds is 5. The molecule has 0 saturated carbocycles. The largest absolute Gasteiger partial charge is 0.491 e. The van der Waals surface area contributed by atoms with Gasteiger partial charge in [-0.05, 0) is 44.0 Å². The van der Waals surface area contributed by atoms with E-state index in [0.29, 0.717) is 11.9 Å². The van der Waals surface area contributed by atoms with Crippen molar-refractivity contribution in [2.75, 3.05) is 11.9 Å². The lowest BCUT2D eigenvalue weighted by atomic mass is 10.2. The maximum atomic E-state index is 5.78. The lowest BCUT2D eigenvalue weighted by molar-refractivity contribution is 0.242. The second-order valence-corrected chi connectivity index (χ2v) is 4.94. The van der Waals surface area contributed by atoms with E-state index in [1.54, 1.807) is 0 Å². The van der Waals surface area contributed by atoms with E-state index in [0.717, 1.165) is 18.0 Å². The quantitative estimate of drug-likeness (QED) is 0.623. The van der Waals surface area contributed by atoms with Crippen LogP contribution in [0, 0.1) is 5.92 Å². The monoisotopic (exact) mass is 249 g/mol. The molecule has 0 fully saturated rings. The fourth-order valence-corrected chi connectivity index (χ4v) is 1.36. The van der Waals surface area contributed by atoms with Gasteiger partial charge >= 0.3 is 0 Å². The Morgan fingerprint density at radius 1 is 1.22 bits per heavy atom. The zero-order valence-electron chi connectivity index (χ0n) is 11.6. The molecule has 0 aliphatic rings. The Bertz CT molecular complexity index is 383. The Morgan fingerprint density at radius 3 is 2.33 bits per heavy atom. The van der Waals surface area contributed by atoms with Crippen LogP contribution in [0.25, 0.3) is 0 Å². The van der Waals surface area contributed by atoms with Crippen molar-refractivity contribution in [1.82, 2.24) is 0 Å². The Balaban J connectivity index is 2.55. The average Bonchev–Trinajstić information content (AvgIpc) is 2.28. The highest BCUT2D eigenvalue weighted by Crippen LogP contribution is 2.16. The fourth-order valence-electron chi connectivity index (χ4n) is 1.36. The summed E-state index contributed by atoms with van der Waals surface area (Å²) in [5.74, 6) is 1.81. The average molecular weight is 249 g/mol. The molecule has 0 saturated heterocycles. The van der Waals surface area contributed by atoms with Gasteiger partial charge in [0, 0.05) is 12.2 Å². The summed E-state index contributed by atoms with van der Waals surface area (Å²) in [5.41, 5.74) is 6.69. The first-order valence-corrected chi connectivity index (χ1v) is 6.31. The molecule has 0 aliphatic heterocycles. The summed E-state index contributed by atoms with van der Waals surface area (Å²) in [6.07, 6.45) is 0.182. The molecule has 1 aromatic carbocycles. The minimum Gasteiger partial charge on any atom is -0.491 e. The number of guanidine groups is 1. The van der Waals surface area contributed by atoms with Gasteiger partial charge in [0.15, 0.2) is 5.96 Å². The van der Waals surface area contributed by atoms with E-state index in [9.17, 15) is 0 Å². The lowest BCUT2D eigenvalue weighted by Crippen LogP contribution is -2.23. The second-order valence-electron chi connectivity index (χ2n) is 4.94. The van der Waals surface area contributed by atoms with Crippen molar-refractivity contribution in [3.8, 4) is 5.75 Å². The standard InChI is InChI=1S/C14H23N3O/c1-10(2)9-16-14(15)17-12-5-7-13(8-6-12)18-11(3)4/h5-8,10-11H,9H2,1-4H3,(H3,15,16,17). The number of anilines is 1. The molecule has 100 valence electrons. The second kappa shape index (κ2) is 6.89. The molecule has 0 unspecified atom stereocenters. The number of benzene rings is 1. The maximum absolute atomic E-state index is 5.78. The van der Waals surface area contributed by atoms with Crippen molar-refractivity contribution in [3.05, 3.63) is 24.3 Å². The summed E-state index contributed by atoms with van der Waals surface area (Å²) < 4.78 is 5.56. The molecule has 0 spiro atoms. The number of hydrogen-bond acceptors (Lipinski definition) is 2. The molecular weight excluding hydrogens is 226 g/mol. The van der Waals surface area contributed by atoms with Gasteiger partial charge in [-0.3, -0.25) is 4.99 Å². The smallest absolute Gasteiger partial charge is 0.193 e. The van der Waals surface area contributed by atoms with Gasteiger partial charge in [0.2, 0.25) is 0 Å². The third kappa shape index (κ3) is 5.57. The van der Waals surface area contributed by atoms with Crippen LogP contribution in [0.4, 0.5) is 5.69 Å². The first-order chi connectivity index (χ1) is 8.47. The van der Waals surface area contributed by atoms with E-state index in [1.165, 1.54) is 0 Å². The minimum absolute atomic E-state index is 0.182. The van der Waals surface area contributed by atoms with Crippen molar-refractivity contribution in [2.45, 2.75) is 33.8 Å². The topological polar surface area (TPSA) is 59.6 Å². The molecule has 0 heterocycles. The molecule has 0 atom stereocenters. The zero-order chi connectivity index (χ0) is 13.5. The van der Waals surface area contributed by atoms with Crippen LogP contribution in [-0.4, -0.2) is 18.6 Å². The number of nitrogens with one attached hydrogen (secondary N) is 1. The molecule has 1 rings (SSSR count). The number of hydrogen-bond donors (Lipinski definition) is 2. The van der Waals surface area contributed by atoms with Gasteiger partial charge in [-0.15, -0.1) is 0 Å². The van der Waals surface area contributed by atoms with Gasteiger partial charge in [0.25, 0.3) is 0 Å². The summed E-state index contributed by atoms with van der Waals surface area (Å²) >= 11 is 0. The molecule has 0 aliphatic carbocycles. The van der Waals surface area contributed by atoms with E-state index in [2.05, 4.69) is 24.2 Å². The highest BCUT2D eigenvalue weighted by Gasteiger charge is 1.99. The number of nitrogens with two attached hydrogens (primary N) is 1. The van der Waals surface area contributed by atoms with Crippen LogP contribution in [0.3, 0.4) is 0 Å². The maximum Gasteiger partial charge on any atom is 0.193 e. The van der Waals surface area contributed by atoms with Gasteiger partial charge in [0.1, 0.15) is 5.75 Å². The molecular formula is C14H23N3O. The zero-order valence-corrected chi connectivity index (χ0v) is 11.6. The summed E-state index contributed by atoms with van der Waals surface area (Å²) in [6.45, 7) is 8.95. The van der Waals surface area contributed by atoms with Crippen LogP contribution in [-0.2, 0) is 0 Å². The Labute approximate surface area is 109 Å². The normalized spacial score (nSPS) is 12.0. The highest BCUT2D eigenvalue weighted by atomic mass is 16.5. The van der Waals surface area contributed by atoms with Crippen LogP contribution in [0.5, 0.6) is 5.75 Å². The van der Waals surface area contributed by atoms with Gasteiger partial charge in [-0.25, -0.2) is 0 Å². The van der Waals surface area contributed by atoms with E-state index in [1.807, 2.05) is 38.1 Å². The SMILES string of the molecule is CC(C)CN=C(N)Nc1ccc(OC(C)C)cc1. The Morgan fingerprint density at radius 2 is 1.83 bits per heavy atom. The predicted octanol–water partition coefficient (Wildman–Crippen LogP) is 2.86. The van der Waals surface area contributed by atoms with Crippen LogP contribution in [0.2, 0.25) is 0 Å². The third-order valence-electron chi connectivity index (χ3n) is 2.13. The first kappa shape index (κ1) is 14.4. The molecule has 18 heavy (non-hydrogen) atoms. The molecule has 3 N–H and O–H groups in total. The van der Waals surface area contributed by atoms with Gasteiger partial charge < -0.3 is 15.8 Å². The van der Waals surface area contributed by atoms with Gasteiger partial charge in [-0.1, -0.05) is 13.8 Å². The van der Waals surface area contributed by atoms with Crippen molar-refractivity contribution in [3.63, 3.8) is 0 Å². The van der Waals surface area contributed by atoms with Crippen molar-refractivity contribution in [1.29, 1.82) is 0 Å². The molecule has 0 radical (unpaired) electrons. The molecule has 1 aromatic rings. The molecule has 0 amide bonds. The number of ether oxygens (including phenoxy) is 1. The summed E-state index contributed by atoms with van der Waals surface area (Å²) in [6, 6.07) is 7.68. The summed E-state index contributed by atoms with van der Waals surface area (Å²) in [4.78, 5) is 4.24. The van der Waals surface area contributed by atoms with E-state index in [-0.39, 0.29) is 6.10 Å². The van der Waals surface area contributed by atoms with E-state index in [4.69, 9.17) is 10.5 Å². The summed E-state index contributed by atoms with van der Waals surface area (Å²) in [7, 11) is 0. The van der Waals surface area contributed by atoms with Crippen molar-refractivity contribution < 1.29 is 4.74 Å². The summed E-state index contributed by atoms with van der Waals surface area (Å²) in [5, 5.41) is 3.05. The number of nitrogens with zero attached hydrogens (tertiary/aromatic N) is 1. The minimum atomic E-state index is 0.182. The molecule has 0 aromatic heterocycles. The van der Waals surface area contributed by atoms with E-state index < -0.39 is 0 Å². The van der Waals surface area contributed by atoms with E-state index >= 15 is 0 Å². The Hall–Kier alpha value is -1.71. The first-order valence-electron chi connectivity index (χ1n) is 6.31.